The van der Waals surface area contributed by atoms with E-state index in [2.05, 4.69) is 5.32 Å². The van der Waals surface area contributed by atoms with E-state index < -0.39 is 0 Å². The summed E-state index contributed by atoms with van der Waals surface area (Å²) >= 11 is 0. The van der Waals surface area contributed by atoms with Gasteiger partial charge in [-0.25, -0.2) is 0 Å². The van der Waals surface area contributed by atoms with Gasteiger partial charge in [0.2, 0.25) is 5.91 Å². The monoisotopic (exact) mass is 201 g/mol. The van der Waals surface area contributed by atoms with Crippen molar-refractivity contribution in [2.45, 2.75) is 44.8 Å². The summed E-state index contributed by atoms with van der Waals surface area (Å²) in [5.74, 6) is -0.0292. The summed E-state index contributed by atoms with van der Waals surface area (Å²) in [4.78, 5) is 11.4. The van der Waals surface area contributed by atoms with Crippen molar-refractivity contribution in [3.05, 3.63) is 0 Å². The van der Waals surface area contributed by atoms with Crippen LogP contribution in [0.3, 0.4) is 0 Å². The number of hydrogen-bond donors (Lipinski definition) is 2. The van der Waals surface area contributed by atoms with Gasteiger partial charge in [-0.2, -0.15) is 0 Å². The van der Waals surface area contributed by atoms with Gasteiger partial charge in [0.1, 0.15) is 0 Å². The molecule has 1 aliphatic heterocycles. The van der Waals surface area contributed by atoms with Crippen molar-refractivity contribution in [3.8, 4) is 0 Å². The van der Waals surface area contributed by atoms with Crippen LogP contribution in [0.15, 0.2) is 0 Å². The van der Waals surface area contributed by atoms with E-state index in [0.29, 0.717) is 6.42 Å². The number of amides is 1. The van der Waals surface area contributed by atoms with Crippen LogP contribution in [0.5, 0.6) is 0 Å². The zero-order valence-electron chi connectivity index (χ0n) is 8.66. The predicted molar refractivity (Wildman–Crippen MR) is 52.9 cm³/mol. The van der Waals surface area contributed by atoms with Crippen molar-refractivity contribution in [3.63, 3.8) is 0 Å². The normalized spacial score (nSPS) is 24.3. The van der Waals surface area contributed by atoms with Crippen molar-refractivity contribution in [1.82, 2.24) is 5.32 Å². The molecule has 4 heteroatoms. The molecule has 14 heavy (non-hydrogen) atoms. The maximum absolute atomic E-state index is 11.4. The molecule has 0 saturated carbocycles. The first-order valence-corrected chi connectivity index (χ1v) is 5.24. The first-order valence-electron chi connectivity index (χ1n) is 5.24. The first-order chi connectivity index (χ1) is 6.72. The summed E-state index contributed by atoms with van der Waals surface area (Å²) in [6.07, 6.45) is 3.72. The van der Waals surface area contributed by atoms with Crippen LogP contribution < -0.4 is 5.32 Å². The zero-order valence-corrected chi connectivity index (χ0v) is 8.66. The summed E-state index contributed by atoms with van der Waals surface area (Å²) in [7, 11) is 0. The third-order valence-electron chi connectivity index (χ3n) is 2.37. The number of hydrogen-bond acceptors (Lipinski definition) is 3. The molecule has 2 atom stereocenters. The lowest BCUT2D eigenvalue weighted by molar-refractivity contribution is -0.125. The maximum atomic E-state index is 11.4. The summed E-state index contributed by atoms with van der Waals surface area (Å²) in [6.45, 7) is 2.53. The highest BCUT2D eigenvalue weighted by molar-refractivity contribution is 5.76. The molecule has 0 spiro atoms. The van der Waals surface area contributed by atoms with Crippen LogP contribution in [0, 0.1) is 0 Å². The largest absolute Gasteiger partial charge is 0.394 e. The van der Waals surface area contributed by atoms with E-state index >= 15 is 0 Å². The van der Waals surface area contributed by atoms with Crippen LogP contribution in [0.2, 0.25) is 0 Å². The third kappa shape index (κ3) is 4.07. The summed E-state index contributed by atoms with van der Waals surface area (Å²) in [6, 6.07) is -0.161. The Hall–Kier alpha value is -0.610. The van der Waals surface area contributed by atoms with Gasteiger partial charge in [-0.05, 0) is 26.2 Å². The Morgan fingerprint density at radius 2 is 2.43 bits per heavy atom. The minimum atomic E-state index is -0.161. The standard InChI is InChI=1S/C10H19NO3/c1-8(7-12)11-10(13)6-9-4-2-3-5-14-9/h8-9,12H,2-7H2,1H3,(H,11,13)/t8-,9?/m0/s1. The molecule has 0 aliphatic carbocycles. The van der Waals surface area contributed by atoms with Crippen molar-refractivity contribution in [2.24, 2.45) is 0 Å². The Bertz CT molecular complexity index is 178. The van der Waals surface area contributed by atoms with Gasteiger partial charge in [0.25, 0.3) is 0 Å². The molecule has 0 aromatic rings. The Kier molecular flexibility index (Phi) is 4.90. The third-order valence-corrected chi connectivity index (χ3v) is 2.37. The van der Waals surface area contributed by atoms with Crippen LogP contribution in [-0.4, -0.2) is 36.4 Å². The second kappa shape index (κ2) is 5.98. The van der Waals surface area contributed by atoms with Gasteiger partial charge in [0.15, 0.2) is 0 Å². The second-order valence-corrected chi connectivity index (χ2v) is 3.84. The van der Waals surface area contributed by atoms with Crippen molar-refractivity contribution in [2.75, 3.05) is 13.2 Å². The zero-order chi connectivity index (χ0) is 10.4. The number of carbonyl (C=O) groups is 1. The Balaban J connectivity index is 2.18. The molecule has 0 radical (unpaired) electrons. The molecule has 0 aromatic carbocycles. The van der Waals surface area contributed by atoms with Crippen molar-refractivity contribution < 1.29 is 14.6 Å². The van der Waals surface area contributed by atoms with Gasteiger partial charge >= 0.3 is 0 Å². The molecule has 1 saturated heterocycles. The minimum absolute atomic E-state index is 0.0166. The number of aliphatic hydroxyl groups excluding tert-OH is 1. The molecule has 4 nitrogen and oxygen atoms in total. The quantitative estimate of drug-likeness (QED) is 0.694. The number of aliphatic hydroxyl groups is 1. The lowest BCUT2D eigenvalue weighted by atomic mass is 10.1. The second-order valence-electron chi connectivity index (χ2n) is 3.84. The average molecular weight is 201 g/mol. The van der Waals surface area contributed by atoms with Gasteiger partial charge < -0.3 is 15.2 Å². The number of ether oxygens (including phenoxy) is 1. The smallest absolute Gasteiger partial charge is 0.222 e. The molecule has 0 bridgehead atoms. The van der Waals surface area contributed by atoms with E-state index in [1.807, 2.05) is 0 Å². The molecule has 1 rings (SSSR count). The molecular formula is C10H19NO3. The van der Waals surface area contributed by atoms with E-state index in [1.54, 1.807) is 6.92 Å². The van der Waals surface area contributed by atoms with E-state index in [0.717, 1.165) is 25.9 Å². The number of carbonyl (C=O) groups excluding carboxylic acids is 1. The molecule has 1 heterocycles. The van der Waals surface area contributed by atoms with Crippen LogP contribution in [0.1, 0.15) is 32.6 Å². The lowest BCUT2D eigenvalue weighted by Crippen LogP contribution is -2.37. The number of nitrogens with one attached hydrogen (secondary N) is 1. The maximum Gasteiger partial charge on any atom is 0.222 e. The van der Waals surface area contributed by atoms with Gasteiger partial charge in [-0.3, -0.25) is 4.79 Å². The van der Waals surface area contributed by atoms with E-state index in [-0.39, 0.29) is 24.7 Å². The highest BCUT2D eigenvalue weighted by Crippen LogP contribution is 2.15. The van der Waals surface area contributed by atoms with E-state index in [9.17, 15) is 4.79 Å². The molecule has 0 aromatic heterocycles. The molecule has 1 unspecified atom stereocenters. The van der Waals surface area contributed by atoms with Gasteiger partial charge in [0, 0.05) is 12.6 Å². The van der Waals surface area contributed by atoms with Gasteiger partial charge in [0.05, 0.1) is 19.1 Å². The highest BCUT2D eigenvalue weighted by Gasteiger charge is 2.18. The van der Waals surface area contributed by atoms with E-state index in [4.69, 9.17) is 9.84 Å². The van der Waals surface area contributed by atoms with Gasteiger partial charge in [-0.1, -0.05) is 0 Å². The SMILES string of the molecule is C[C@@H](CO)NC(=O)CC1CCCCO1. The van der Waals surface area contributed by atoms with Crippen LogP contribution in [0.25, 0.3) is 0 Å². The Morgan fingerprint density at radius 3 is 3.00 bits per heavy atom. The highest BCUT2D eigenvalue weighted by atomic mass is 16.5. The van der Waals surface area contributed by atoms with Crippen LogP contribution in [0.4, 0.5) is 0 Å². The van der Waals surface area contributed by atoms with E-state index in [1.165, 1.54) is 0 Å². The molecule has 1 amide bonds. The molecule has 2 N–H and O–H groups in total. The molecule has 1 aliphatic rings. The fourth-order valence-corrected chi connectivity index (χ4v) is 1.55. The fourth-order valence-electron chi connectivity index (χ4n) is 1.55. The first kappa shape index (κ1) is 11.5. The summed E-state index contributed by atoms with van der Waals surface area (Å²) in [5, 5.41) is 11.5. The molecule has 1 fully saturated rings. The number of rotatable bonds is 4. The minimum Gasteiger partial charge on any atom is -0.394 e. The molecular weight excluding hydrogens is 182 g/mol. The van der Waals surface area contributed by atoms with Crippen molar-refractivity contribution in [1.29, 1.82) is 0 Å². The summed E-state index contributed by atoms with van der Waals surface area (Å²) < 4.78 is 5.44. The Morgan fingerprint density at radius 1 is 1.64 bits per heavy atom. The van der Waals surface area contributed by atoms with Gasteiger partial charge in [-0.15, -0.1) is 0 Å². The summed E-state index contributed by atoms with van der Waals surface area (Å²) in [5.41, 5.74) is 0. The lowest BCUT2D eigenvalue weighted by Gasteiger charge is -2.22. The topological polar surface area (TPSA) is 58.6 Å². The van der Waals surface area contributed by atoms with Crippen LogP contribution in [-0.2, 0) is 9.53 Å². The molecule has 82 valence electrons. The van der Waals surface area contributed by atoms with Crippen molar-refractivity contribution >= 4 is 5.91 Å². The van der Waals surface area contributed by atoms with Crippen LogP contribution >= 0.6 is 0 Å². The fraction of sp³-hybridized carbons (Fsp3) is 0.900. The Labute approximate surface area is 84.6 Å². The average Bonchev–Trinajstić information content (AvgIpc) is 2.19. The predicted octanol–water partition coefficient (Wildman–Crippen LogP) is 0.443.